The number of para-hydroxylation sites is 1. The first-order chi connectivity index (χ1) is 13.6. The molecule has 0 spiro atoms. The van der Waals surface area contributed by atoms with Crippen LogP contribution in [0.1, 0.15) is 10.4 Å². The molecule has 8 heteroatoms. The number of aromatic nitrogens is 2. The fourth-order valence-electron chi connectivity index (χ4n) is 3.35. The number of benzene rings is 1. The zero-order chi connectivity index (χ0) is 19.5. The van der Waals surface area contributed by atoms with E-state index in [1.165, 1.54) is 6.20 Å². The smallest absolute Gasteiger partial charge is 0.296 e. The van der Waals surface area contributed by atoms with E-state index in [0.717, 1.165) is 37.1 Å². The Labute approximate surface area is 162 Å². The number of fused-ring (bicyclic) bond motifs is 1. The van der Waals surface area contributed by atoms with E-state index in [9.17, 15) is 9.90 Å². The minimum atomic E-state index is -0.497. The molecule has 0 bridgehead atoms. The molecule has 144 valence electrons. The number of hydrogen-bond acceptors (Lipinski definition) is 6. The van der Waals surface area contributed by atoms with Crippen LogP contribution < -0.4 is 0 Å². The molecule has 0 saturated carbocycles. The van der Waals surface area contributed by atoms with Gasteiger partial charge >= 0.3 is 0 Å². The summed E-state index contributed by atoms with van der Waals surface area (Å²) in [6, 6.07) is 10.9. The number of carbonyl (C=O) groups is 1. The van der Waals surface area contributed by atoms with Crippen molar-refractivity contribution in [2.24, 2.45) is 10.2 Å². The van der Waals surface area contributed by atoms with Crippen LogP contribution in [0.5, 0.6) is 5.88 Å². The molecule has 1 fully saturated rings. The maximum atomic E-state index is 12.2. The maximum absolute atomic E-state index is 12.2. The van der Waals surface area contributed by atoms with E-state index in [-0.39, 0.29) is 5.88 Å². The minimum Gasteiger partial charge on any atom is -0.493 e. The molecular weight excluding hydrogens is 356 g/mol. The molecule has 1 aromatic carbocycles. The molecule has 3 aromatic rings. The molecule has 1 aliphatic heterocycles. The molecule has 0 atom stereocenters. The quantitative estimate of drug-likeness (QED) is 0.706. The zero-order valence-electron chi connectivity index (χ0n) is 15.7. The number of amides is 1. The number of pyridine rings is 1. The van der Waals surface area contributed by atoms with Crippen LogP contribution in [0.15, 0.2) is 59.0 Å². The van der Waals surface area contributed by atoms with Crippen LogP contribution in [0.2, 0.25) is 0 Å². The largest absolute Gasteiger partial charge is 0.493 e. The van der Waals surface area contributed by atoms with Gasteiger partial charge in [-0.25, -0.2) is 0 Å². The molecule has 0 radical (unpaired) electrons. The first-order valence-electron chi connectivity index (χ1n) is 9.20. The van der Waals surface area contributed by atoms with Crippen molar-refractivity contribution in [1.82, 2.24) is 19.4 Å². The highest BCUT2D eigenvalue weighted by Crippen LogP contribution is 2.39. The molecule has 0 aliphatic carbocycles. The predicted molar refractivity (Wildman–Crippen MR) is 106 cm³/mol. The lowest BCUT2D eigenvalue weighted by Gasteiger charge is -2.32. The highest BCUT2D eigenvalue weighted by atomic mass is 16.3. The van der Waals surface area contributed by atoms with Crippen molar-refractivity contribution in [2.45, 2.75) is 6.67 Å². The standard InChI is InChI=1S/C20H22N6O2/c1-24-9-11-25(12-10-24)14-26-17-7-3-2-6-16(17)18(20(26)28)22-23-19(27)15-5-4-8-21-13-15/h2-8,13,28H,9-12,14H2,1H3. The van der Waals surface area contributed by atoms with Gasteiger partial charge in [0.1, 0.15) is 0 Å². The third-order valence-corrected chi connectivity index (χ3v) is 5.00. The predicted octanol–water partition coefficient (Wildman–Crippen LogP) is 2.87. The Morgan fingerprint density at radius 2 is 1.93 bits per heavy atom. The van der Waals surface area contributed by atoms with Gasteiger partial charge in [0.2, 0.25) is 5.88 Å². The number of aromatic hydroxyl groups is 1. The highest BCUT2D eigenvalue weighted by Gasteiger charge is 2.20. The Balaban J connectivity index is 1.64. The van der Waals surface area contributed by atoms with Crippen LogP contribution in [0, 0.1) is 0 Å². The number of likely N-dealkylation sites (N-methyl/N-ethyl adjacent to an activating group) is 1. The van der Waals surface area contributed by atoms with E-state index in [4.69, 9.17) is 0 Å². The van der Waals surface area contributed by atoms with Gasteiger partial charge in [0.05, 0.1) is 17.7 Å². The van der Waals surface area contributed by atoms with Crippen LogP contribution >= 0.6 is 0 Å². The maximum Gasteiger partial charge on any atom is 0.296 e. The van der Waals surface area contributed by atoms with Gasteiger partial charge in [-0.2, -0.15) is 0 Å². The molecule has 1 N–H and O–H groups in total. The van der Waals surface area contributed by atoms with Crippen molar-refractivity contribution in [2.75, 3.05) is 33.2 Å². The Hall–Kier alpha value is -3.10. The lowest BCUT2D eigenvalue weighted by atomic mass is 10.2. The molecule has 2 aromatic heterocycles. The van der Waals surface area contributed by atoms with Crippen molar-refractivity contribution < 1.29 is 9.90 Å². The summed E-state index contributed by atoms with van der Waals surface area (Å²) in [7, 11) is 2.11. The second kappa shape index (κ2) is 7.87. The number of azo groups is 1. The average Bonchev–Trinajstić information content (AvgIpc) is 3.00. The summed E-state index contributed by atoms with van der Waals surface area (Å²) < 4.78 is 1.82. The lowest BCUT2D eigenvalue weighted by Crippen LogP contribution is -2.44. The van der Waals surface area contributed by atoms with Crippen molar-refractivity contribution >= 4 is 22.5 Å². The second-order valence-electron chi connectivity index (χ2n) is 6.93. The van der Waals surface area contributed by atoms with Gasteiger partial charge in [0.15, 0.2) is 5.69 Å². The van der Waals surface area contributed by atoms with Gasteiger partial charge < -0.3 is 10.0 Å². The fraction of sp³-hybridized carbons (Fsp3) is 0.300. The number of nitrogens with zero attached hydrogens (tertiary/aromatic N) is 6. The summed E-state index contributed by atoms with van der Waals surface area (Å²) >= 11 is 0. The van der Waals surface area contributed by atoms with E-state index < -0.39 is 5.91 Å². The zero-order valence-corrected chi connectivity index (χ0v) is 15.7. The van der Waals surface area contributed by atoms with E-state index in [0.29, 0.717) is 17.9 Å². The minimum absolute atomic E-state index is 0.0165. The first kappa shape index (κ1) is 18.3. The van der Waals surface area contributed by atoms with E-state index in [2.05, 4.69) is 32.1 Å². The Morgan fingerprint density at radius 1 is 1.14 bits per heavy atom. The van der Waals surface area contributed by atoms with Crippen LogP contribution in [0.3, 0.4) is 0 Å². The molecule has 28 heavy (non-hydrogen) atoms. The summed E-state index contributed by atoms with van der Waals surface area (Å²) in [5.74, 6) is -0.480. The molecular formula is C20H22N6O2. The number of rotatable bonds is 4. The number of piperazine rings is 1. The molecule has 1 saturated heterocycles. The van der Waals surface area contributed by atoms with Crippen molar-refractivity contribution in [1.29, 1.82) is 0 Å². The fourth-order valence-corrected chi connectivity index (χ4v) is 3.35. The molecule has 3 heterocycles. The van der Waals surface area contributed by atoms with Gasteiger partial charge in [-0.3, -0.25) is 19.2 Å². The Kier molecular flexibility index (Phi) is 5.14. The molecule has 8 nitrogen and oxygen atoms in total. The summed E-state index contributed by atoms with van der Waals surface area (Å²) in [5, 5.41) is 19.5. The van der Waals surface area contributed by atoms with Crippen LogP contribution in [-0.4, -0.2) is 63.6 Å². The van der Waals surface area contributed by atoms with Crippen LogP contribution in [0.4, 0.5) is 5.69 Å². The lowest BCUT2D eigenvalue weighted by molar-refractivity contribution is 0.0994. The molecule has 4 rings (SSSR count). The van der Waals surface area contributed by atoms with Gasteiger partial charge in [0, 0.05) is 44.0 Å². The number of hydrogen-bond donors (Lipinski definition) is 1. The van der Waals surface area contributed by atoms with E-state index in [1.54, 1.807) is 18.3 Å². The van der Waals surface area contributed by atoms with Gasteiger partial charge in [0.25, 0.3) is 5.91 Å². The first-order valence-corrected chi connectivity index (χ1v) is 9.20. The highest BCUT2D eigenvalue weighted by molar-refractivity contribution is 5.97. The monoisotopic (exact) mass is 378 g/mol. The van der Waals surface area contributed by atoms with E-state index >= 15 is 0 Å². The van der Waals surface area contributed by atoms with Crippen LogP contribution in [-0.2, 0) is 6.67 Å². The SMILES string of the molecule is CN1CCN(Cn2c(O)c(N=NC(=O)c3cccnc3)c3ccccc32)CC1. The third-order valence-electron chi connectivity index (χ3n) is 5.00. The van der Waals surface area contributed by atoms with Crippen molar-refractivity contribution in [3.63, 3.8) is 0 Å². The Bertz CT molecular complexity index is 1010. The Morgan fingerprint density at radius 3 is 2.68 bits per heavy atom. The number of carbonyl (C=O) groups excluding carboxylic acids is 1. The van der Waals surface area contributed by atoms with Gasteiger partial charge in [-0.05, 0) is 25.2 Å². The summed E-state index contributed by atoms with van der Waals surface area (Å²) in [6.45, 7) is 4.40. The molecule has 0 unspecified atom stereocenters. The topological polar surface area (TPSA) is 86.3 Å². The average molecular weight is 378 g/mol. The third kappa shape index (κ3) is 3.64. The molecule has 1 aliphatic rings. The van der Waals surface area contributed by atoms with Crippen molar-refractivity contribution in [3.05, 3.63) is 54.4 Å². The van der Waals surface area contributed by atoms with E-state index in [1.807, 2.05) is 28.8 Å². The summed E-state index contributed by atoms with van der Waals surface area (Å²) in [4.78, 5) is 20.7. The van der Waals surface area contributed by atoms with Gasteiger partial charge in [-0.1, -0.05) is 18.2 Å². The second-order valence-corrected chi connectivity index (χ2v) is 6.93. The van der Waals surface area contributed by atoms with Gasteiger partial charge in [-0.15, -0.1) is 10.2 Å². The summed E-state index contributed by atoms with van der Waals surface area (Å²) in [6.07, 6.45) is 3.03. The molecule has 1 amide bonds. The summed E-state index contributed by atoms with van der Waals surface area (Å²) in [5.41, 5.74) is 1.52. The normalized spacial score (nSPS) is 16.2. The van der Waals surface area contributed by atoms with Crippen LogP contribution in [0.25, 0.3) is 10.9 Å². The van der Waals surface area contributed by atoms with Crippen molar-refractivity contribution in [3.8, 4) is 5.88 Å².